The maximum atomic E-state index is 6.02. The number of rotatable bonds is 7. The van der Waals surface area contributed by atoms with Crippen LogP contribution in [0.1, 0.15) is 43.1 Å². The molecule has 0 aliphatic carbocycles. The van der Waals surface area contributed by atoms with E-state index in [1.165, 1.54) is 11.1 Å². The van der Waals surface area contributed by atoms with Gasteiger partial charge in [0.25, 0.3) is 0 Å². The van der Waals surface area contributed by atoms with E-state index in [0.717, 1.165) is 24.4 Å². The monoisotopic (exact) mass is 287 g/mol. The fourth-order valence-electron chi connectivity index (χ4n) is 2.28. The molecular weight excluding hydrogens is 262 g/mol. The molecule has 1 atom stereocenters. The van der Waals surface area contributed by atoms with Crippen molar-refractivity contribution in [3.63, 3.8) is 0 Å². The van der Waals surface area contributed by atoms with Gasteiger partial charge in [0.1, 0.15) is 12.4 Å². The highest BCUT2D eigenvalue weighted by atomic mass is 16.5. The van der Waals surface area contributed by atoms with Crippen LogP contribution in [-0.2, 0) is 13.7 Å². The molecule has 0 aliphatic rings. The van der Waals surface area contributed by atoms with Gasteiger partial charge in [-0.3, -0.25) is 0 Å². The van der Waals surface area contributed by atoms with E-state index in [1.54, 1.807) is 6.33 Å². The third kappa shape index (κ3) is 4.08. The minimum Gasteiger partial charge on any atom is -0.487 e. The highest BCUT2D eigenvalue weighted by Crippen LogP contribution is 2.27. The summed E-state index contributed by atoms with van der Waals surface area (Å²) in [5.41, 5.74) is 3.53. The number of imidazole rings is 1. The lowest BCUT2D eigenvalue weighted by atomic mass is 10.0. The molecule has 1 aromatic carbocycles. The van der Waals surface area contributed by atoms with Gasteiger partial charge in [0.15, 0.2) is 0 Å². The predicted octanol–water partition coefficient (Wildman–Crippen LogP) is 3.37. The second-order valence-corrected chi connectivity index (χ2v) is 5.50. The van der Waals surface area contributed by atoms with Gasteiger partial charge in [-0.25, -0.2) is 4.98 Å². The molecule has 0 saturated carbocycles. The van der Waals surface area contributed by atoms with Crippen molar-refractivity contribution in [2.45, 2.75) is 39.8 Å². The number of aryl methyl sites for hydroxylation is 2. The molecule has 21 heavy (non-hydrogen) atoms. The number of benzene rings is 1. The van der Waals surface area contributed by atoms with E-state index < -0.39 is 0 Å². The summed E-state index contributed by atoms with van der Waals surface area (Å²) >= 11 is 0. The van der Waals surface area contributed by atoms with Crippen LogP contribution in [-0.4, -0.2) is 16.1 Å². The Morgan fingerprint density at radius 2 is 2.19 bits per heavy atom. The highest BCUT2D eigenvalue weighted by molar-refractivity contribution is 5.39. The summed E-state index contributed by atoms with van der Waals surface area (Å²) in [6, 6.07) is 6.64. The number of hydrogen-bond donors (Lipinski definition) is 1. The van der Waals surface area contributed by atoms with Crippen LogP contribution in [0.15, 0.2) is 30.7 Å². The molecular formula is C17H25N3O. The Morgan fingerprint density at radius 3 is 2.86 bits per heavy atom. The fraction of sp³-hybridized carbons (Fsp3) is 0.471. The average Bonchev–Trinajstić information content (AvgIpc) is 2.88. The zero-order chi connectivity index (χ0) is 15.2. The molecule has 4 heteroatoms. The summed E-state index contributed by atoms with van der Waals surface area (Å²) in [7, 11) is 1.98. The molecule has 0 amide bonds. The summed E-state index contributed by atoms with van der Waals surface area (Å²) in [4.78, 5) is 4.12. The second kappa shape index (κ2) is 7.27. The lowest BCUT2D eigenvalue weighted by Gasteiger charge is -2.19. The molecule has 114 valence electrons. The van der Waals surface area contributed by atoms with Crippen molar-refractivity contribution in [2.75, 3.05) is 6.54 Å². The van der Waals surface area contributed by atoms with Crippen molar-refractivity contribution >= 4 is 0 Å². The fourth-order valence-corrected chi connectivity index (χ4v) is 2.28. The molecule has 1 unspecified atom stereocenters. The number of nitrogens with zero attached hydrogens (tertiary/aromatic N) is 2. The molecule has 2 aromatic rings. The smallest absolute Gasteiger partial charge is 0.130 e. The minimum atomic E-state index is 0.284. The van der Waals surface area contributed by atoms with Gasteiger partial charge < -0.3 is 14.6 Å². The van der Waals surface area contributed by atoms with Crippen molar-refractivity contribution in [3.8, 4) is 5.75 Å². The van der Waals surface area contributed by atoms with E-state index in [1.807, 2.05) is 17.8 Å². The molecule has 0 spiro atoms. The van der Waals surface area contributed by atoms with Gasteiger partial charge >= 0.3 is 0 Å². The molecule has 2 rings (SSSR count). The molecule has 1 heterocycles. The van der Waals surface area contributed by atoms with E-state index in [2.05, 4.69) is 49.3 Å². The molecule has 0 fully saturated rings. The van der Waals surface area contributed by atoms with Crippen LogP contribution in [0, 0.1) is 6.92 Å². The van der Waals surface area contributed by atoms with Crippen molar-refractivity contribution in [1.29, 1.82) is 0 Å². The van der Waals surface area contributed by atoms with Crippen LogP contribution in [0.4, 0.5) is 0 Å². The van der Waals surface area contributed by atoms with Crippen molar-refractivity contribution in [2.24, 2.45) is 7.05 Å². The number of aromatic nitrogens is 2. The van der Waals surface area contributed by atoms with Crippen LogP contribution in [0.3, 0.4) is 0 Å². The standard InChI is InChI=1S/C17H25N3O/c1-5-8-19-14(3)16-9-13(2)6-7-17(16)21-11-15-10-18-12-20(15)4/h6-7,9-10,12,14,19H,5,8,11H2,1-4H3. The van der Waals surface area contributed by atoms with Crippen molar-refractivity contribution in [1.82, 2.24) is 14.9 Å². The lowest BCUT2D eigenvalue weighted by Crippen LogP contribution is -2.20. The van der Waals surface area contributed by atoms with Gasteiger partial charge in [0.05, 0.1) is 18.2 Å². The maximum Gasteiger partial charge on any atom is 0.130 e. The Labute approximate surface area is 127 Å². The van der Waals surface area contributed by atoms with E-state index in [-0.39, 0.29) is 6.04 Å². The largest absolute Gasteiger partial charge is 0.487 e. The molecule has 0 aliphatic heterocycles. The number of hydrogen-bond acceptors (Lipinski definition) is 3. The van der Waals surface area contributed by atoms with Crippen LogP contribution in [0.5, 0.6) is 5.75 Å². The molecule has 0 radical (unpaired) electrons. The van der Waals surface area contributed by atoms with Gasteiger partial charge in [-0.2, -0.15) is 0 Å². The van der Waals surface area contributed by atoms with E-state index in [0.29, 0.717) is 6.61 Å². The van der Waals surface area contributed by atoms with Crippen LogP contribution in [0.25, 0.3) is 0 Å². The van der Waals surface area contributed by atoms with Gasteiger partial charge in [0, 0.05) is 18.7 Å². The minimum absolute atomic E-state index is 0.284. The summed E-state index contributed by atoms with van der Waals surface area (Å²) in [6.07, 6.45) is 4.76. The third-order valence-electron chi connectivity index (χ3n) is 3.62. The summed E-state index contributed by atoms with van der Waals surface area (Å²) in [5.74, 6) is 0.943. The molecule has 1 aromatic heterocycles. The normalized spacial score (nSPS) is 12.4. The van der Waals surface area contributed by atoms with Gasteiger partial charge in [-0.05, 0) is 32.9 Å². The Kier molecular flexibility index (Phi) is 5.39. The third-order valence-corrected chi connectivity index (χ3v) is 3.62. The highest BCUT2D eigenvalue weighted by Gasteiger charge is 2.12. The number of nitrogens with one attached hydrogen (secondary N) is 1. The quantitative estimate of drug-likeness (QED) is 0.848. The van der Waals surface area contributed by atoms with E-state index >= 15 is 0 Å². The zero-order valence-electron chi connectivity index (χ0n) is 13.4. The second-order valence-electron chi connectivity index (χ2n) is 5.50. The first-order valence-corrected chi connectivity index (χ1v) is 7.53. The number of ether oxygens (including phenoxy) is 1. The first kappa shape index (κ1) is 15.6. The zero-order valence-corrected chi connectivity index (χ0v) is 13.4. The van der Waals surface area contributed by atoms with Crippen LogP contribution in [0.2, 0.25) is 0 Å². The molecule has 4 nitrogen and oxygen atoms in total. The Balaban J connectivity index is 2.12. The predicted molar refractivity (Wildman–Crippen MR) is 85.4 cm³/mol. The average molecular weight is 287 g/mol. The molecule has 1 N–H and O–H groups in total. The topological polar surface area (TPSA) is 39.1 Å². The Hall–Kier alpha value is -1.81. The molecule has 0 bridgehead atoms. The Bertz CT molecular complexity index is 577. The Morgan fingerprint density at radius 1 is 1.38 bits per heavy atom. The maximum absolute atomic E-state index is 6.02. The van der Waals surface area contributed by atoms with Crippen LogP contribution >= 0.6 is 0 Å². The van der Waals surface area contributed by atoms with Crippen LogP contribution < -0.4 is 10.1 Å². The first-order chi connectivity index (χ1) is 10.1. The molecule has 0 saturated heterocycles. The SMILES string of the molecule is CCCNC(C)c1cc(C)ccc1OCc1cncn1C. The summed E-state index contributed by atoms with van der Waals surface area (Å²) < 4.78 is 8.00. The first-order valence-electron chi connectivity index (χ1n) is 7.53. The van der Waals surface area contributed by atoms with Crippen molar-refractivity contribution < 1.29 is 4.74 Å². The summed E-state index contributed by atoms with van der Waals surface area (Å²) in [5, 5.41) is 3.52. The van der Waals surface area contributed by atoms with E-state index in [9.17, 15) is 0 Å². The lowest BCUT2D eigenvalue weighted by molar-refractivity contribution is 0.291. The van der Waals surface area contributed by atoms with Crippen molar-refractivity contribution in [3.05, 3.63) is 47.5 Å². The van der Waals surface area contributed by atoms with Gasteiger partial charge in [-0.1, -0.05) is 24.6 Å². The van der Waals surface area contributed by atoms with Gasteiger partial charge in [0.2, 0.25) is 0 Å². The van der Waals surface area contributed by atoms with E-state index in [4.69, 9.17) is 4.74 Å². The van der Waals surface area contributed by atoms with Gasteiger partial charge in [-0.15, -0.1) is 0 Å². The summed E-state index contributed by atoms with van der Waals surface area (Å²) in [6.45, 7) is 8.02.